The molecule has 4 atom stereocenters. The summed E-state index contributed by atoms with van der Waals surface area (Å²) in [5.74, 6) is -6.09. The number of carbonyl (C=O) groups excluding carboxylic acids is 4. The Morgan fingerprint density at radius 3 is 1.87 bits per heavy atom. The summed E-state index contributed by atoms with van der Waals surface area (Å²) < 4.78 is 0. The molecule has 30 heavy (non-hydrogen) atoms. The van der Waals surface area contributed by atoms with Gasteiger partial charge in [0.1, 0.15) is 18.1 Å². The van der Waals surface area contributed by atoms with E-state index in [1.165, 1.54) is 6.92 Å². The first-order valence-corrected chi connectivity index (χ1v) is 8.89. The molecule has 0 fully saturated rings. The topological polar surface area (TPSA) is 251 Å². The predicted molar refractivity (Wildman–Crippen MR) is 99.5 cm³/mol. The van der Waals surface area contributed by atoms with E-state index in [1.54, 1.807) is 0 Å². The molecular formula is C16H27N5O9. The molecule has 14 heteroatoms. The Morgan fingerprint density at radius 1 is 0.833 bits per heavy atom. The molecule has 4 amide bonds. The van der Waals surface area contributed by atoms with Crippen LogP contribution in [0.5, 0.6) is 0 Å². The van der Waals surface area contributed by atoms with Crippen molar-refractivity contribution >= 4 is 35.6 Å². The maximum absolute atomic E-state index is 12.3. The van der Waals surface area contributed by atoms with Crippen molar-refractivity contribution in [2.24, 2.45) is 11.5 Å². The average Bonchev–Trinajstić information content (AvgIpc) is 2.66. The zero-order valence-corrected chi connectivity index (χ0v) is 16.3. The van der Waals surface area contributed by atoms with Crippen LogP contribution in [0.4, 0.5) is 0 Å². The minimum atomic E-state index is -1.65. The smallest absolute Gasteiger partial charge is 0.328 e. The number of amides is 4. The van der Waals surface area contributed by atoms with Gasteiger partial charge in [0.25, 0.3) is 0 Å². The van der Waals surface area contributed by atoms with Crippen molar-refractivity contribution < 1.29 is 44.1 Å². The van der Waals surface area contributed by atoms with Crippen molar-refractivity contribution in [2.45, 2.75) is 56.8 Å². The number of hydrogen-bond acceptors (Lipinski definition) is 8. The normalized spacial score (nSPS) is 14.5. The van der Waals surface area contributed by atoms with E-state index in [1.807, 2.05) is 5.32 Å². The molecule has 14 nitrogen and oxygen atoms in total. The molecule has 0 saturated carbocycles. The first-order valence-electron chi connectivity index (χ1n) is 8.89. The van der Waals surface area contributed by atoms with E-state index < -0.39 is 72.8 Å². The summed E-state index contributed by atoms with van der Waals surface area (Å²) in [6.45, 7) is 0.351. The van der Waals surface area contributed by atoms with Crippen LogP contribution in [0.3, 0.4) is 0 Å². The number of nitrogens with one attached hydrogen (secondary N) is 3. The second-order valence-electron chi connectivity index (χ2n) is 6.42. The number of nitrogens with two attached hydrogens (primary N) is 2. The van der Waals surface area contributed by atoms with Crippen LogP contribution in [0.15, 0.2) is 0 Å². The third-order valence-corrected chi connectivity index (χ3v) is 3.87. The van der Waals surface area contributed by atoms with Gasteiger partial charge in [-0.15, -0.1) is 0 Å². The molecule has 10 N–H and O–H groups in total. The molecule has 4 unspecified atom stereocenters. The van der Waals surface area contributed by atoms with E-state index in [-0.39, 0.29) is 19.3 Å². The van der Waals surface area contributed by atoms with Gasteiger partial charge in [0.05, 0.1) is 12.6 Å². The van der Waals surface area contributed by atoms with Gasteiger partial charge in [-0.2, -0.15) is 0 Å². The van der Waals surface area contributed by atoms with E-state index in [0.717, 1.165) is 0 Å². The number of aliphatic hydroxyl groups is 1. The number of carboxylic acid groups (broad SMARTS) is 2. The van der Waals surface area contributed by atoms with Gasteiger partial charge in [0, 0.05) is 12.8 Å². The van der Waals surface area contributed by atoms with Gasteiger partial charge in [-0.1, -0.05) is 0 Å². The van der Waals surface area contributed by atoms with Crippen molar-refractivity contribution in [2.75, 3.05) is 6.61 Å². The van der Waals surface area contributed by atoms with Gasteiger partial charge in [-0.25, -0.2) is 4.79 Å². The highest BCUT2D eigenvalue weighted by Crippen LogP contribution is 2.01. The summed E-state index contributed by atoms with van der Waals surface area (Å²) in [6, 6.07) is -5.39. The molecular weight excluding hydrogens is 406 g/mol. The van der Waals surface area contributed by atoms with Crippen LogP contribution in [-0.2, 0) is 28.8 Å². The summed E-state index contributed by atoms with van der Waals surface area (Å²) >= 11 is 0. The third kappa shape index (κ3) is 10.3. The van der Waals surface area contributed by atoms with Crippen LogP contribution in [0.25, 0.3) is 0 Å². The second kappa shape index (κ2) is 13.1. The van der Waals surface area contributed by atoms with Crippen LogP contribution in [0.1, 0.15) is 32.6 Å². The Kier molecular flexibility index (Phi) is 11.6. The van der Waals surface area contributed by atoms with Crippen LogP contribution >= 0.6 is 0 Å². The van der Waals surface area contributed by atoms with Crippen molar-refractivity contribution in [3.63, 3.8) is 0 Å². The summed E-state index contributed by atoms with van der Waals surface area (Å²) in [5, 5.41) is 33.1. The monoisotopic (exact) mass is 433 g/mol. The lowest BCUT2D eigenvalue weighted by Gasteiger charge is -2.23. The van der Waals surface area contributed by atoms with Crippen molar-refractivity contribution in [3.05, 3.63) is 0 Å². The number of hydrogen-bond donors (Lipinski definition) is 8. The molecule has 0 aliphatic heterocycles. The van der Waals surface area contributed by atoms with Crippen molar-refractivity contribution in [1.29, 1.82) is 0 Å². The number of aliphatic carboxylic acids is 2. The van der Waals surface area contributed by atoms with Gasteiger partial charge in [0.15, 0.2) is 0 Å². The largest absolute Gasteiger partial charge is 0.481 e. The van der Waals surface area contributed by atoms with Gasteiger partial charge < -0.3 is 42.7 Å². The summed E-state index contributed by atoms with van der Waals surface area (Å²) in [4.78, 5) is 68.9. The van der Waals surface area contributed by atoms with Gasteiger partial charge in [-0.05, 0) is 19.8 Å². The molecule has 0 spiro atoms. The van der Waals surface area contributed by atoms with Crippen molar-refractivity contribution in [3.8, 4) is 0 Å². The molecule has 170 valence electrons. The molecule has 0 bridgehead atoms. The van der Waals surface area contributed by atoms with Gasteiger partial charge >= 0.3 is 11.9 Å². The third-order valence-electron chi connectivity index (χ3n) is 3.87. The van der Waals surface area contributed by atoms with E-state index in [9.17, 15) is 28.8 Å². The minimum Gasteiger partial charge on any atom is -0.481 e. The first-order chi connectivity index (χ1) is 13.9. The fourth-order valence-corrected chi connectivity index (χ4v) is 2.11. The van der Waals surface area contributed by atoms with Crippen LogP contribution < -0.4 is 27.4 Å². The maximum atomic E-state index is 12.3. The number of carbonyl (C=O) groups is 6. The van der Waals surface area contributed by atoms with Crippen molar-refractivity contribution in [1.82, 2.24) is 16.0 Å². The highest BCUT2D eigenvalue weighted by molar-refractivity contribution is 5.94. The molecule has 0 radical (unpaired) electrons. The lowest BCUT2D eigenvalue weighted by Crippen LogP contribution is -2.56. The molecule has 0 aromatic carbocycles. The van der Waals surface area contributed by atoms with Crippen LogP contribution in [0, 0.1) is 0 Å². The number of aliphatic hydroxyl groups excluding tert-OH is 1. The average molecular weight is 433 g/mol. The van der Waals surface area contributed by atoms with E-state index in [2.05, 4.69) is 10.6 Å². The lowest BCUT2D eigenvalue weighted by molar-refractivity contribution is -0.144. The SMILES string of the molecule is CC(NC(=O)C(N)CCC(N)=O)C(=O)NC(CCC(=O)O)C(=O)NC(CO)C(=O)O. The number of rotatable bonds is 14. The minimum absolute atomic E-state index is 0.0448. The second-order valence-corrected chi connectivity index (χ2v) is 6.42. The number of carboxylic acids is 2. The fourth-order valence-electron chi connectivity index (χ4n) is 2.11. The molecule has 0 aliphatic carbocycles. The Hall–Kier alpha value is -3.26. The molecule has 0 aromatic heterocycles. The highest BCUT2D eigenvalue weighted by atomic mass is 16.4. The maximum Gasteiger partial charge on any atom is 0.328 e. The quantitative estimate of drug-likeness (QED) is 0.132. The standard InChI is InChI=1S/C16H27N5O9/c1-7(19-14(27)8(17)2-4-11(18)23)13(26)20-9(3-5-12(24)25)15(28)21-10(6-22)16(29)30/h7-10,22H,2-6,17H2,1H3,(H2,18,23)(H,19,27)(H,20,26)(H,21,28)(H,24,25)(H,29,30). The Balaban J connectivity index is 5.02. The zero-order chi connectivity index (χ0) is 23.4. The number of primary amides is 1. The lowest BCUT2D eigenvalue weighted by atomic mass is 10.1. The van der Waals surface area contributed by atoms with Crippen LogP contribution in [0.2, 0.25) is 0 Å². The zero-order valence-electron chi connectivity index (χ0n) is 16.3. The molecule has 0 heterocycles. The molecule has 0 rings (SSSR count). The van der Waals surface area contributed by atoms with E-state index in [0.29, 0.717) is 0 Å². The summed E-state index contributed by atoms with van der Waals surface area (Å²) in [6.07, 6.45) is -1.07. The molecule has 0 aromatic rings. The van der Waals surface area contributed by atoms with Gasteiger partial charge in [-0.3, -0.25) is 24.0 Å². The van der Waals surface area contributed by atoms with Crippen LogP contribution in [-0.4, -0.2) is 81.7 Å². The fraction of sp³-hybridized carbons (Fsp3) is 0.625. The first kappa shape index (κ1) is 26.7. The molecule has 0 saturated heterocycles. The molecule has 0 aliphatic rings. The van der Waals surface area contributed by atoms with E-state index >= 15 is 0 Å². The summed E-state index contributed by atoms with van der Waals surface area (Å²) in [5.41, 5.74) is 10.5. The Labute approximate surface area is 171 Å². The Bertz CT molecular complexity index is 669. The van der Waals surface area contributed by atoms with E-state index in [4.69, 9.17) is 26.8 Å². The summed E-state index contributed by atoms with van der Waals surface area (Å²) in [7, 11) is 0. The highest BCUT2D eigenvalue weighted by Gasteiger charge is 2.29. The predicted octanol–water partition coefficient (Wildman–Crippen LogP) is -4.00. The Morgan fingerprint density at radius 2 is 1.40 bits per heavy atom. The van der Waals surface area contributed by atoms with Gasteiger partial charge in [0.2, 0.25) is 23.6 Å².